The fourth-order valence-electron chi connectivity index (χ4n) is 0.408. The van der Waals surface area contributed by atoms with E-state index in [2.05, 4.69) is 0 Å². The molecule has 0 saturated heterocycles. The van der Waals surface area contributed by atoms with Crippen molar-refractivity contribution in [3.05, 3.63) is 36.5 Å². The third-order valence-corrected chi connectivity index (χ3v) is 1.07. The Morgan fingerprint density at radius 1 is 0.360 bits per heavy atom. The topological polar surface area (TPSA) is 241 Å². The van der Waals surface area contributed by atoms with E-state index in [1.54, 1.807) is 0 Å². The van der Waals surface area contributed by atoms with Gasteiger partial charge in [0.2, 0.25) is 0 Å². The van der Waals surface area contributed by atoms with E-state index in [-0.39, 0.29) is 21.1 Å². The molecule has 0 aliphatic heterocycles. The number of carbonyl (C=O) groups is 6. The van der Waals surface area contributed by atoms with E-state index in [4.69, 9.17) is 0 Å². The first-order valence-corrected chi connectivity index (χ1v) is 5.18. The molecule has 0 radical (unpaired) electrons. The van der Waals surface area contributed by atoms with Gasteiger partial charge in [-0.1, -0.05) is 0 Å². The number of carboxylic acids is 6. The molecule has 0 amide bonds. The molecule has 0 aliphatic rings. The molecular weight excluding hydrogens is 432 g/mol. The first-order chi connectivity index (χ1) is 10.9. The normalized spacial score (nSPS) is 9.12. The van der Waals surface area contributed by atoms with Gasteiger partial charge in [0, 0.05) is 0 Å². The van der Waals surface area contributed by atoms with Gasteiger partial charge in [0.25, 0.3) is 0 Å². The van der Waals surface area contributed by atoms with Crippen LogP contribution >= 0.6 is 0 Å². The Bertz CT molecular complexity index is 444. The molecule has 12 nitrogen and oxygen atoms in total. The van der Waals surface area contributed by atoms with Crippen molar-refractivity contribution in [2.45, 2.75) is 0 Å². The Morgan fingerprint density at radius 3 is 0.480 bits per heavy atom. The first kappa shape index (κ1) is 29.7. The Labute approximate surface area is 153 Å². The fourth-order valence-corrected chi connectivity index (χ4v) is 0.408. The summed E-state index contributed by atoms with van der Waals surface area (Å²) in [5.41, 5.74) is 0. The summed E-state index contributed by atoms with van der Waals surface area (Å²) >= 11 is 0. The zero-order valence-electron chi connectivity index (χ0n) is 11.8. The molecule has 0 aromatic rings. The van der Waals surface area contributed by atoms with Gasteiger partial charge in [-0.05, 0) is 36.5 Å². The van der Waals surface area contributed by atoms with Gasteiger partial charge in [-0.2, -0.15) is 0 Å². The summed E-state index contributed by atoms with van der Waals surface area (Å²) in [5.74, 6) is -9.28. The van der Waals surface area contributed by atoms with E-state index < -0.39 is 35.8 Å². The molecule has 0 aliphatic carbocycles. The predicted octanol–water partition coefficient (Wildman–Crippen LogP) is -8.88. The molecule has 0 atom stereocenters. The molecule has 13 heteroatoms. The van der Waals surface area contributed by atoms with Crippen molar-refractivity contribution in [3.8, 4) is 0 Å². The molecule has 0 aromatic heterocycles. The van der Waals surface area contributed by atoms with Gasteiger partial charge < -0.3 is 59.4 Å². The van der Waals surface area contributed by atoms with Gasteiger partial charge in [-0.15, -0.1) is 0 Å². The smallest absolute Gasteiger partial charge is 0.545 e. The summed E-state index contributed by atoms with van der Waals surface area (Å²) < 4.78 is 0. The number of carboxylic acid groups (broad SMARTS) is 6. The minimum Gasteiger partial charge on any atom is -0.545 e. The van der Waals surface area contributed by atoms with E-state index in [0.717, 1.165) is 0 Å². The standard InChI is InChI=1S/3C4H4O4.Mo/c3*5-3(6)1-2-4(7)8;/h3*1-2H,(H,5,6)(H,7,8);/q;;;+6/p-6/b3*2-1-;. The molecule has 0 spiro atoms. The Hall–Kier alpha value is -3.27. The van der Waals surface area contributed by atoms with Crippen molar-refractivity contribution >= 4 is 35.8 Å². The average Bonchev–Trinajstić information content (AvgIpc) is 2.42. The van der Waals surface area contributed by atoms with Crippen LogP contribution in [0, 0.1) is 0 Å². The minimum atomic E-state index is -1.55. The molecule has 0 rings (SSSR count). The number of carbonyl (C=O) groups excluding carboxylic acids is 6. The van der Waals surface area contributed by atoms with Crippen molar-refractivity contribution < 1.29 is 80.5 Å². The van der Waals surface area contributed by atoms with Crippen molar-refractivity contribution in [2.75, 3.05) is 0 Å². The minimum absolute atomic E-state index is 0. The summed E-state index contributed by atoms with van der Waals surface area (Å²) in [4.78, 5) is 56.5. The quantitative estimate of drug-likeness (QED) is 0.277. The van der Waals surface area contributed by atoms with Gasteiger partial charge in [-0.3, -0.25) is 0 Å². The molecule has 0 fully saturated rings. The third kappa shape index (κ3) is 52.9. The molecule has 0 saturated carbocycles. The Morgan fingerprint density at radius 2 is 0.440 bits per heavy atom. The number of hydrogen-bond donors (Lipinski definition) is 0. The maximum absolute atomic E-state index is 9.41. The molecule has 25 heavy (non-hydrogen) atoms. The molecule has 0 unspecified atom stereocenters. The maximum Gasteiger partial charge on any atom is 6.00 e. The molecule has 0 N–H and O–H groups in total. The van der Waals surface area contributed by atoms with Gasteiger partial charge in [0.05, 0.1) is 35.8 Å². The maximum atomic E-state index is 9.41. The first-order valence-electron chi connectivity index (χ1n) is 5.18. The van der Waals surface area contributed by atoms with Crippen LogP contribution < -0.4 is 30.6 Å². The van der Waals surface area contributed by atoms with Gasteiger partial charge in [0.1, 0.15) is 0 Å². The second-order valence-electron chi connectivity index (χ2n) is 2.91. The van der Waals surface area contributed by atoms with E-state index in [1.165, 1.54) is 0 Å². The summed E-state index contributed by atoms with van der Waals surface area (Å²) in [6, 6.07) is 0. The molecule has 0 bridgehead atoms. The SMILES string of the molecule is O=C([O-])/C=C\C(=O)[O-].O=C([O-])/C=C\C(=O)[O-].O=C([O-])/C=C\C(=O)[O-].[Mo+6]. The summed E-state index contributed by atoms with van der Waals surface area (Å²) in [6.07, 6.45) is 2.31. The summed E-state index contributed by atoms with van der Waals surface area (Å²) in [6.45, 7) is 0. The van der Waals surface area contributed by atoms with Crippen molar-refractivity contribution in [2.24, 2.45) is 0 Å². The van der Waals surface area contributed by atoms with Crippen LogP contribution in [-0.2, 0) is 49.8 Å². The second kappa shape index (κ2) is 18.8. The Balaban J connectivity index is -0.000000130. The third-order valence-electron chi connectivity index (χ3n) is 1.07. The Kier molecular flexibility index (Phi) is 22.3. The van der Waals surface area contributed by atoms with Crippen LogP contribution in [0.25, 0.3) is 0 Å². The van der Waals surface area contributed by atoms with Crippen molar-refractivity contribution in [1.29, 1.82) is 0 Å². The van der Waals surface area contributed by atoms with Crippen LogP contribution in [-0.4, -0.2) is 35.8 Å². The molecule has 132 valence electrons. The monoisotopic (exact) mass is 440 g/mol. The largest absolute Gasteiger partial charge is 6.00 e. The van der Waals surface area contributed by atoms with Crippen molar-refractivity contribution in [1.82, 2.24) is 0 Å². The average molecular weight is 438 g/mol. The van der Waals surface area contributed by atoms with Crippen LogP contribution in [0.15, 0.2) is 36.5 Å². The predicted molar refractivity (Wildman–Crippen MR) is 57.5 cm³/mol. The number of aliphatic carboxylic acids is 6. The molecular formula is C12H6MoO12. The zero-order chi connectivity index (χ0) is 19.7. The summed E-state index contributed by atoms with van der Waals surface area (Å²) in [5, 5.41) is 56.5. The summed E-state index contributed by atoms with van der Waals surface area (Å²) in [7, 11) is 0. The van der Waals surface area contributed by atoms with Gasteiger partial charge in [-0.25, -0.2) is 0 Å². The molecule has 0 heterocycles. The van der Waals surface area contributed by atoms with Gasteiger partial charge >= 0.3 is 21.1 Å². The number of hydrogen-bond acceptors (Lipinski definition) is 12. The van der Waals surface area contributed by atoms with E-state index >= 15 is 0 Å². The van der Waals surface area contributed by atoms with E-state index in [1.807, 2.05) is 0 Å². The number of rotatable bonds is 6. The van der Waals surface area contributed by atoms with Crippen LogP contribution in [0.5, 0.6) is 0 Å². The van der Waals surface area contributed by atoms with Gasteiger partial charge in [0.15, 0.2) is 0 Å². The van der Waals surface area contributed by atoms with Crippen molar-refractivity contribution in [3.63, 3.8) is 0 Å². The van der Waals surface area contributed by atoms with Crippen LogP contribution in [0.2, 0.25) is 0 Å². The second-order valence-corrected chi connectivity index (χ2v) is 2.91. The fraction of sp³-hybridized carbons (Fsp3) is 0. The van der Waals surface area contributed by atoms with Crippen LogP contribution in [0.4, 0.5) is 0 Å². The van der Waals surface area contributed by atoms with Crippen LogP contribution in [0.1, 0.15) is 0 Å². The van der Waals surface area contributed by atoms with E-state index in [0.29, 0.717) is 36.5 Å². The molecule has 0 aromatic carbocycles. The van der Waals surface area contributed by atoms with Crippen LogP contribution in [0.3, 0.4) is 0 Å². The van der Waals surface area contributed by atoms with E-state index in [9.17, 15) is 59.4 Å². The zero-order valence-corrected chi connectivity index (χ0v) is 13.8.